The molecule has 26 heavy (non-hydrogen) atoms. The zero-order valence-electron chi connectivity index (χ0n) is 16.3. The summed E-state index contributed by atoms with van der Waals surface area (Å²) < 4.78 is 33.8. The minimum atomic E-state index is -2.97. The summed E-state index contributed by atoms with van der Waals surface area (Å²) in [5.41, 5.74) is 0. The molecule has 0 fully saturated rings. The Morgan fingerprint density at radius 1 is 1.23 bits per heavy atom. The number of rotatable bonds is 10. The Labute approximate surface area is 157 Å². The minimum absolute atomic E-state index is 0.00651. The molecule has 0 aromatic heterocycles. The van der Waals surface area contributed by atoms with Crippen LogP contribution in [0, 0.1) is 0 Å². The largest absolute Gasteiger partial charge is 0.493 e. The van der Waals surface area contributed by atoms with E-state index in [1.54, 1.807) is 7.11 Å². The fourth-order valence-electron chi connectivity index (χ4n) is 2.21. The van der Waals surface area contributed by atoms with Gasteiger partial charge in [0.1, 0.15) is 15.9 Å². The van der Waals surface area contributed by atoms with Crippen molar-refractivity contribution in [2.45, 2.75) is 39.3 Å². The minimum Gasteiger partial charge on any atom is -0.493 e. The smallest absolute Gasteiger partial charge is 0.191 e. The van der Waals surface area contributed by atoms with E-state index in [2.05, 4.69) is 15.6 Å². The second-order valence-electron chi connectivity index (χ2n) is 6.26. The zero-order chi connectivity index (χ0) is 19.6. The highest BCUT2D eigenvalue weighted by atomic mass is 32.2. The molecule has 0 amide bonds. The lowest BCUT2D eigenvalue weighted by Gasteiger charge is -2.19. The van der Waals surface area contributed by atoms with E-state index in [0.29, 0.717) is 37.0 Å². The maximum Gasteiger partial charge on any atom is 0.191 e. The average Bonchev–Trinajstić information content (AvgIpc) is 2.58. The number of aliphatic imine (C=N–C) groups is 1. The molecular formula is C18H31N3O4S. The third-order valence-electron chi connectivity index (χ3n) is 3.55. The van der Waals surface area contributed by atoms with Crippen LogP contribution in [0.1, 0.15) is 27.2 Å². The van der Waals surface area contributed by atoms with Gasteiger partial charge in [-0.25, -0.2) is 13.4 Å². The number of benzene rings is 1. The number of sulfone groups is 1. The first-order chi connectivity index (χ1) is 12.2. The Morgan fingerprint density at radius 3 is 2.46 bits per heavy atom. The molecule has 0 aliphatic heterocycles. The number of nitrogens with zero attached hydrogens (tertiary/aromatic N) is 1. The lowest BCUT2D eigenvalue weighted by Crippen LogP contribution is -2.43. The number of ether oxygens (including phenoxy) is 2. The molecule has 1 aromatic carbocycles. The van der Waals surface area contributed by atoms with Gasteiger partial charge in [-0.2, -0.15) is 0 Å². The van der Waals surface area contributed by atoms with Crippen LogP contribution in [-0.2, 0) is 9.84 Å². The first kappa shape index (κ1) is 22.1. The lowest BCUT2D eigenvalue weighted by atomic mass is 10.3. The molecule has 0 heterocycles. The average molecular weight is 386 g/mol. The van der Waals surface area contributed by atoms with Gasteiger partial charge in [0.2, 0.25) is 0 Å². The van der Waals surface area contributed by atoms with E-state index in [1.807, 2.05) is 45.0 Å². The third-order valence-corrected chi connectivity index (χ3v) is 4.53. The van der Waals surface area contributed by atoms with Crippen LogP contribution in [-0.4, -0.2) is 58.7 Å². The van der Waals surface area contributed by atoms with Crippen molar-refractivity contribution >= 4 is 15.8 Å². The third kappa shape index (κ3) is 8.94. The second-order valence-corrected chi connectivity index (χ2v) is 8.52. The number of methoxy groups -OCH3 is 1. The van der Waals surface area contributed by atoms with Crippen molar-refractivity contribution in [3.8, 4) is 11.5 Å². The van der Waals surface area contributed by atoms with Gasteiger partial charge in [0.05, 0.1) is 19.4 Å². The van der Waals surface area contributed by atoms with E-state index in [4.69, 9.17) is 9.47 Å². The van der Waals surface area contributed by atoms with Gasteiger partial charge in [-0.15, -0.1) is 0 Å². The van der Waals surface area contributed by atoms with Gasteiger partial charge in [-0.1, -0.05) is 12.1 Å². The Morgan fingerprint density at radius 2 is 1.88 bits per heavy atom. The lowest BCUT2D eigenvalue weighted by molar-refractivity contribution is 0.219. The van der Waals surface area contributed by atoms with Gasteiger partial charge in [0, 0.05) is 18.8 Å². The zero-order valence-corrected chi connectivity index (χ0v) is 17.1. The van der Waals surface area contributed by atoms with Crippen molar-refractivity contribution in [3.05, 3.63) is 24.3 Å². The molecule has 0 radical (unpaired) electrons. The van der Waals surface area contributed by atoms with Crippen LogP contribution in [0.2, 0.25) is 0 Å². The van der Waals surface area contributed by atoms with Crippen molar-refractivity contribution < 1.29 is 17.9 Å². The van der Waals surface area contributed by atoms with Crippen molar-refractivity contribution in [3.63, 3.8) is 0 Å². The van der Waals surface area contributed by atoms with Gasteiger partial charge in [0.15, 0.2) is 17.5 Å². The molecule has 8 heteroatoms. The Kier molecular flexibility index (Phi) is 9.26. The van der Waals surface area contributed by atoms with E-state index in [1.165, 1.54) is 6.26 Å². The molecule has 0 saturated heterocycles. The summed E-state index contributed by atoms with van der Waals surface area (Å²) in [6.07, 6.45) is 1.62. The summed E-state index contributed by atoms with van der Waals surface area (Å²) in [5, 5.41) is 6.39. The van der Waals surface area contributed by atoms with Crippen molar-refractivity contribution in [1.29, 1.82) is 0 Å². The Bertz CT molecular complexity index is 677. The Balaban J connectivity index is 2.61. The highest BCUT2D eigenvalue weighted by Gasteiger charge is 2.11. The predicted molar refractivity (Wildman–Crippen MR) is 106 cm³/mol. The van der Waals surface area contributed by atoms with Crippen LogP contribution < -0.4 is 20.1 Å². The quantitative estimate of drug-likeness (QED) is 0.472. The number of para-hydroxylation sites is 2. The van der Waals surface area contributed by atoms with Crippen LogP contribution in [0.4, 0.5) is 0 Å². The number of hydrogen-bond donors (Lipinski definition) is 2. The molecule has 0 spiro atoms. The summed E-state index contributed by atoms with van der Waals surface area (Å²) in [5.74, 6) is 2.15. The van der Waals surface area contributed by atoms with E-state index in [9.17, 15) is 8.42 Å². The molecule has 0 bridgehead atoms. The molecular weight excluding hydrogens is 354 g/mol. The fraction of sp³-hybridized carbons (Fsp3) is 0.611. The molecule has 2 N–H and O–H groups in total. The summed E-state index contributed by atoms with van der Waals surface area (Å²) in [7, 11) is -1.36. The SMILES string of the molecule is CCNC(=NCC(C)Oc1ccccc1OC)NC(C)CCS(C)(=O)=O. The summed E-state index contributed by atoms with van der Waals surface area (Å²) in [4.78, 5) is 4.53. The van der Waals surface area contributed by atoms with Gasteiger partial charge >= 0.3 is 0 Å². The van der Waals surface area contributed by atoms with Crippen LogP contribution in [0.15, 0.2) is 29.3 Å². The monoisotopic (exact) mass is 385 g/mol. The fourth-order valence-corrected chi connectivity index (χ4v) is 2.99. The topological polar surface area (TPSA) is 89.0 Å². The number of nitrogens with one attached hydrogen (secondary N) is 2. The van der Waals surface area contributed by atoms with E-state index >= 15 is 0 Å². The van der Waals surface area contributed by atoms with Crippen molar-refractivity contribution in [2.24, 2.45) is 4.99 Å². The highest BCUT2D eigenvalue weighted by Crippen LogP contribution is 2.26. The molecule has 0 aliphatic rings. The number of hydrogen-bond acceptors (Lipinski definition) is 5. The second kappa shape index (κ2) is 10.9. The summed E-state index contributed by atoms with van der Waals surface area (Å²) in [6.45, 7) is 7.02. The predicted octanol–water partition coefficient (Wildman–Crippen LogP) is 1.84. The molecule has 1 rings (SSSR count). The first-order valence-electron chi connectivity index (χ1n) is 8.77. The van der Waals surface area contributed by atoms with E-state index in [0.717, 1.165) is 0 Å². The van der Waals surface area contributed by atoms with Crippen LogP contribution in [0.3, 0.4) is 0 Å². The van der Waals surface area contributed by atoms with Crippen molar-refractivity contribution in [2.75, 3.05) is 32.2 Å². The van der Waals surface area contributed by atoms with Gasteiger partial charge < -0.3 is 20.1 Å². The van der Waals surface area contributed by atoms with E-state index in [-0.39, 0.29) is 17.9 Å². The molecule has 2 unspecified atom stereocenters. The standard InChI is InChI=1S/C18H31N3O4S/c1-6-19-18(21-14(2)11-12-26(5,22)23)20-13-15(3)25-17-10-8-7-9-16(17)24-4/h7-10,14-15H,6,11-13H2,1-5H3,(H2,19,20,21). The van der Waals surface area contributed by atoms with E-state index < -0.39 is 9.84 Å². The van der Waals surface area contributed by atoms with Gasteiger partial charge in [-0.05, 0) is 39.3 Å². The maximum atomic E-state index is 11.3. The van der Waals surface area contributed by atoms with Gasteiger partial charge in [0.25, 0.3) is 0 Å². The van der Waals surface area contributed by atoms with Crippen molar-refractivity contribution in [1.82, 2.24) is 10.6 Å². The maximum absolute atomic E-state index is 11.3. The normalized spacial score (nSPS) is 14.4. The molecule has 1 aromatic rings. The summed E-state index contributed by atoms with van der Waals surface area (Å²) >= 11 is 0. The summed E-state index contributed by atoms with van der Waals surface area (Å²) in [6, 6.07) is 7.48. The number of guanidine groups is 1. The molecule has 148 valence electrons. The van der Waals surface area contributed by atoms with Crippen LogP contribution in [0.25, 0.3) is 0 Å². The first-order valence-corrected chi connectivity index (χ1v) is 10.8. The molecule has 0 aliphatic carbocycles. The van der Waals surface area contributed by atoms with Crippen LogP contribution >= 0.6 is 0 Å². The van der Waals surface area contributed by atoms with Gasteiger partial charge in [-0.3, -0.25) is 0 Å². The molecule has 2 atom stereocenters. The molecule has 0 saturated carbocycles. The highest BCUT2D eigenvalue weighted by molar-refractivity contribution is 7.90. The Hall–Kier alpha value is -1.96. The molecule has 7 nitrogen and oxygen atoms in total. The van der Waals surface area contributed by atoms with Crippen LogP contribution in [0.5, 0.6) is 11.5 Å².